The molecule has 0 spiro atoms. The molecule has 0 N–H and O–H groups in total. The van der Waals surface area contributed by atoms with Crippen LogP contribution < -0.4 is 0 Å². The quantitative estimate of drug-likeness (QED) is 0.731. The number of hydrogen-bond acceptors (Lipinski definition) is 3. The predicted molar refractivity (Wildman–Crippen MR) is 76.2 cm³/mol. The third-order valence-electron chi connectivity index (χ3n) is 3.52. The zero-order valence-corrected chi connectivity index (χ0v) is 11.5. The van der Waals surface area contributed by atoms with E-state index in [-0.39, 0.29) is 6.04 Å². The number of nitrogens with zero attached hydrogens (tertiary/aromatic N) is 5. The summed E-state index contributed by atoms with van der Waals surface area (Å²) in [6.45, 7) is 5.01. The Hall–Kier alpha value is -2.61. The highest BCUT2D eigenvalue weighted by Crippen LogP contribution is 2.23. The highest BCUT2D eigenvalue weighted by Gasteiger charge is 2.17. The van der Waals surface area contributed by atoms with Gasteiger partial charge in [-0.1, -0.05) is 0 Å². The summed E-state index contributed by atoms with van der Waals surface area (Å²) in [6.07, 6.45) is 3.70. The van der Waals surface area contributed by atoms with Crippen molar-refractivity contribution in [3.05, 3.63) is 48.0 Å². The molecule has 0 amide bonds. The van der Waals surface area contributed by atoms with Crippen molar-refractivity contribution < 1.29 is 0 Å². The highest BCUT2D eigenvalue weighted by atomic mass is 15.3. The average Bonchev–Trinajstić information content (AvgIpc) is 3.12. The first-order valence-corrected chi connectivity index (χ1v) is 6.64. The molecule has 3 aromatic rings. The lowest BCUT2D eigenvalue weighted by Gasteiger charge is -2.13. The summed E-state index contributed by atoms with van der Waals surface area (Å²) in [4.78, 5) is 4.70. The lowest BCUT2D eigenvalue weighted by atomic mass is 10.2. The van der Waals surface area contributed by atoms with Gasteiger partial charge < -0.3 is 4.57 Å². The molecule has 0 aliphatic carbocycles. The minimum absolute atomic E-state index is 0.0582. The van der Waals surface area contributed by atoms with Crippen molar-refractivity contribution in [3.63, 3.8) is 0 Å². The van der Waals surface area contributed by atoms with Crippen LogP contribution in [0, 0.1) is 11.3 Å². The number of hydrogen-bond donors (Lipinski definition) is 0. The van der Waals surface area contributed by atoms with Crippen molar-refractivity contribution in [2.75, 3.05) is 0 Å². The second-order valence-electron chi connectivity index (χ2n) is 4.69. The number of rotatable bonds is 3. The molecule has 0 saturated carbocycles. The van der Waals surface area contributed by atoms with Crippen molar-refractivity contribution in [2.45, 2.75) is 26.4 Å². The van der Waals surface area contributed by atoms with E-state index in [2.05, 4.69) is 29.6 Å². The van der Waals surface area contributed by atoms with E-state index < -0.39 is 0 Å². The molecule has 1 atom stereocenters. The molecule has 0 saturated heterocycles. The summed E-state index contributed by atoms with van der Waals surface area (Å²) >= 11 is 0. The van der Waals surface area contributed by atoms with Gasteiger partial charge in [-0.2, -0.15) is 10.4 Å². The first-order valence-electron chi connectivity index (χ1n) is 6.64. The van der Waals surface area contributed by atoms with Gasteiger partial charge in [-0.25, -0.2) is 4.98 Å². The lowest BCUT2D eigenvalue weighted by Crippen LogP contribution is -2.13. The largest absolute Gasteiger partial charge is 0.326 e. The number of nitriles is 1. The molecular weight excluding hydrogens is 250 g/mol. The van der Waals surface area contributed by atoms with Crippen LogP contribution >= 0.6 is 0 Å². The molecule has 3 rings (SSSR count). The van der Waals surface area contributed by atoms with Gasteiger partial charge in [0.05, 0.1) is 22.7 Å². The van der Waals surface area contributed by atoms with E-state index in [4.69, 9.17) is 10.2 Å². The van der Waals surface area contributed by atoms with E-state index in [1.807, 2.05) is 35.1 Å². The Labute approximate surface area is 117 Å². The topological polar surface area (TPSA) is 59.4 Å². The Morgan fingerprint density at radius 3 is 2.90 bits per heavy atom. The SMILES string of the molecule is CCn1c(C(C)n2cccn2)nc2cc(C#N)ccc21. The molecule has 20 heavy (non-hydrogen) atoms. The third kappa shape index (κ3) is 1.86. The smallest absolute Gasteiger partial charge is 0.134 e. The van der Waals surface area contributed by atoms with Gasteiger partial charge >= 0.3 is 0 Å². The summed E-state index contributed by atoms with van der Waals surface area (Å²) in [5, 5.41) is 13.3. The van der Waals surface area contributed by atoms with Gasteiger partial charge in [0.25, 0.3) is 0 Å². The van der Waals surface area contributed by atoms with E-state index in [0.29, 0.717) is 5.56 Å². The monoisotopic (exact) mass is 265 g/mol. The summed E-state index contributed by atoms with van der Waals surface area (Å²) in [5.74, 6) is 0.960. The van der Waals surface area contributed by atoms with Crippen molar-refractivity contribution in [2.24, 2.45) is 0 Å². The Balaban J connectivity index is 2.18. The molecule has 1 aromatic carbocycles. The Morgan fingerprint density at radius 2 is 2.25 bits per heavy atom. The number of aryl methyl sites for hydroxylation is 1. The first kappa shape index (κ1) is 12.4. The molecule has 0 aliphatic heterocycles. The third-order valence-corrected chi connectivity index (χ3v) is 3.52. The summed E-state index contributed by atoms with van der Waals surface area (Å²) < 4.78 is 4.06. The van der Waals surface area contributed by atoms with E-state index in [0.717, 1.165) is 23.4 Å². The average molecular weight is 265 g/mol. The molecular formula is C15H15N5. The minimum atomic E-state index is 0.0582. The van der Waals surface area contributed by atoms with Crippen LogP contribution in [-0.2, 0) is 6.54 Å². The Morgan fingerprint density at radius 1 is 1.40 bits per heavy atom. The molecule has 5 nitrogen and oxygen atoms in total. The predicted octanol–water partition coefficient (Wildman–Crippen LogP) is 2.73. The second kappa shape index (κ2) is 4.82. The zero-order chi connectivity index (χ0) is 14.1. The molecule has 100 valence electrons. The normalized spacial score (nSPS) is 12.4. The zero-order valence-electron chi connectivity index (χ0n) is 11.5. The van der Waals surface area contributed by atoms with Crippen LogP contribution in [0.3, 0.4) is 0 Å². The van der Waals surface area contributed by atoms with Crippen molar-refractivity contribution >= 4 is 11.0 Å². The highest BCUT2D eigenvalue weighted by molar-refractivity contribution is 5.77. The molecule has 5 heteroatoms. The maximum Gasteiger partial charge on any atom is 0.134 e. The van der Waals surface area contributed by atoms with Crippen LogP contribution in [-0.4, -0.2) is 19.3 Å². The number of imidazole rings is 1. The maximum absolute atomic E-state index is 8.99. The molecule has 0 bridgehead atoms. The van der Waals surface area contributed by atoms with Gasteiger partial charge in [-0.05, 0) is 38.1 Å². The summed E-state index contributed by atoms with van der Waals surface area (Å²) in [5.41, 5.74) is 2.55. The van der Waals surface area contributed by atoms with Gasteiger partial charge in [-0.15, -0.1) is 0 Å². The lowest BCUT2D eigenvalue weighted by molar-refractivity contribution is 0.513. The van der Waals surface area contributed by atoms with Crippen LogP contribution in [0.2, 0.25) is 0 Å². The van der Waals surface area contributed by atoms with Crippen molar-refractivity contribution in [3.8, 4) is 6.07 Å². The Bertz CT molecular complexity index is 777. The molecule has 2 aromatic heterocycles. The minimum Gasteiger partial charge on any atom is -0.326 e. The van der Waals surface area contributed by atoms with Crippen LogP contribution in [0.15, 0.2) is 36.7 Å². The fraction of sp³-hybridized carbons (Fsp3) is 0.267. The van der Waals surface area contributed by atoms with Crippen LogP contribution in [0.5, 0.6) is 0 Å². The van der Waals surface area contributed by atoms with Crippen LogP contribution in [0.4, 0.5) is 0 Å². The van der Waals surface area contributed by atoms with E-state index in [1.54, 1.807) is 6.20 Å². The fourth-order valence-electron chi connectivity index (χ4n) is 2.50. The number of fused-ring (bicyclic) bond motifs is 1. The molecule has 0 aliphatic rings. The summed E-state index contributed by atoms with van der Waals surface area (Å²) in [7, 11) is 0. The van der Waals surface area contributed by atoms with E-state index in [9.17, 15) is 0 Å². The first-order chi connectivity index (χ1) is 9.74. The summed E-state index contributed by atoms with van der Waals surface area (Å²) in [6, 6.07) is 9.75. The van der Waals surface area contributed by atoms with E-state index in [1.165, 1.54) is 0 Å². The molecule has 2 heterocycles. The van der Waals surface area contributed by atoms with Gasteiger partial charge in [0.1, 0.15) is 11.9 Å². The van der Waals surface area contributed by atoms with Gasteiger partial charge in [0.2, 0.25) is 0 Å². The van der Waals surface area contributed by atoms with Crippen LogP contribution in [0.1, 0.15) is 31.3 Å². The van der Waals surface area contributed by atoms with Crippen molar-refractivity contribution in [1.29, 1.82) is 5.26 Å². The van der Waals surface area contributed by atoms with Gasteiger partial charge in [0.15, 0.2) is 0 Å². The maximum atomic E-state index is 8.99. The van der Waals surface area contributed by atoms with E-state index >= 15 is 0 Å². The van der Waals surface area contributed by atoms with Gasteiger partial charge in [0, 0.05) is 18.9 Å². The Kier molecular flexibility index (Phi) is 2.99. The number of benzene rings is 1. The molecule has 1 unspecified atom stereocenters. The molecule has 0 radical (unpaired) electrons. The second-order valence-corrected chi connectivity index (χ2v) is 4.69. The standard InChI is InChI=1S/C15H15N5/c1-3-19-14-6-5-12(10-16)9-13(14)18-15(19)11(2)20-8-4-7-17-20/h4-9,11H,3H2,1-2H3. The van der Waals surface area contributed by atoms with Crippen molar-refractivity contribution in [1.82, 2.24) is 19.3 Å². The number of aromatic nitrogens is 4. The van der Waals surface area contributed by atoms with Crippen LogP contribution in [0.25, 0.3) is 11.0 Å². The molecule has 0 fully saturated rings. The van der Waals surface area contributed by atoms with Gasteiger partial charge in [-0.3, -0.25) is 4.68 Å². The fourth-order valence-corrected chi connectivity index (χ4v) is 2.50.